The predicted molar refractivity (Wildman–Crippen MR) is 77.1 cm³/mol. The Morgan fingerprint density at radius 1 is 1.19 bits per heavy atom. The molecule has 0 aliphatic carbocycles. The van der Waals surface area contributed by atoms with Gasteiger partial charge >= 0.3 is 0 Å². The highest BCUT2D eigenvalue weighted by Gasteiger charge is 2.21. The van der Waals surface area contributed by atoms with Crippen LogP contribution in [0.1, 0.15) is 10.4 Å². The van der Waals surface area contributed by atoms with E-state index in [1.807, 2.05) is 4.72 Å². The molecule has 0 spiro atoms. The summed E-state index contributed by atoms with van der Waals surface area (Å²) in [5, 5.41) is 10.5. The van der Waals surface area contributed by atoms with Gasteiger partial charge in [0, 0.05) is 17.7 Å². The molecule has 0 atom stereocenters. The fourth-order valence-electron chi connectivity index (χ4n) is 1.41. The lowest BCUT2D eigenvalue weighted by molar-refractivity contribution is -0.384. The zero-order chi connectivity index (χ0) is 15.6. The molecule has 10 heteroatoms. The lowest BCUT2D eigenvalue weighted by atomic mass is 10.2. The van der Waals surface area contributed by atoms with Crippen molar-refractivity contribution in [3.63, 3.8) is 0 Å². The highest BCUT2D eigenvalue weighted by molar-refractivity contribution is 7.92. The normalized spacial score (nSPS) is 11.1. The number of nitro benzene ring substituents is 1. The SMILES string of the molecule is O=C(NS(=O)(=O)c1ccc(Cl)s1)c1ccc([N+](=O)[O-])cc1. The van der Waals surface area contributed by atoms with E-state index in [0.29, 0.717) is 0 Å². The summed E-state index contributed by atoms with van der Waals surface area (Å²) >= 11 is 6.46. The fraction of sp³-hybridized carbons (Fsp3) is 0. The number of hydrogen-bond donors (Lipinski definition) is 1. The van der Waals surface area contributed by atoms with Crippen molar-refractivity contribution in [2.45, 2.75) is 4.21 Å². The molecule has 1 aromatic carbocycles. The summed E-state index contributed by atoms with van der Waals surface area (Å²) in [6.45, 7) is 0. The molecule has 0 aliphatic rings. The molecule has 0 fully saturated rings. The molecule has 110 valence electrons. The van der Waals surface area contributed by atoms with Crippen LogP contribution in [0.2, 0.25) is 4.34 Å². The zero-order valence-corrected chi connectivity index (χ0v) is 12.5. The number of carbonyl (C=O) groups excluding carboxylic acids is 1. The highest BCUT2D eigenvalue weighted by atomic mass is 35.5. The van der Waals surface area contributed by atoms with E-state index in [2.05, 4.69) is 0 Å². The molecule has 1 aromatic heterocycles. The molecule has 1 heterocycles. The van der Waals surface area contributed by atoms with Gasteiger partial charge in [-0.05, 0) is 24.3 Å². The average Bonchev–Trinajstić information content (AvgIpc) is 2.86. The van der Waals surface area contributed by atoms with E-state index in [4.69, 9.17) is 11.6 Å². The Hall–Kier alpha value is -1.97. The van der Waals surface area contributed by atoms with E-state index in [-0.39, 0.29) is 19.8 Å². The van der Waals surface area contributed by atoms with Crippen molar-refractivity contribution < 1.29 is 18.1 Å². The first-order valence-electron chi connectivity index (χ1n) is 5.36. The van der Waals surface area contributed by atoms with E-state index in [1.165, 1.54) is 24.3 Å². The summed E-state index contributed by atoms with van der Waals surface area (Å²) in [4.78, 5) is 21.7. The average molecular weight is 347 g/mol. The molecule has 21 heavy (non-hydrogen) atoms. The van der Waals surface area contributed by atoms with Gasteiger partial charge in [0.05, 0.1) is 9.26 Å². The van der Waals surface area contributed by atoms with Crippen molar-refractivity contribution in [1.82, 2.24) is 4.72 Å². The van der Waals surface area contributed by atoms with Crippen molar-refractivity contribution in [2.24, 2.45) is 0 Å². The number of rotatable bonds is 4. The molecule has 2 rings (SSSR count). The van der Waals surface area contributed by atoms with E-state index in [0.717, 1.165) is 23.5 Å². The summed E-state index contributed by atoms with van der Waals surface area (Å²) in [5.74, 6) is -0.880. The number of nitrogens with zero attached hydrogens (tertiary/aromatic N) is 1. The van der Waals surface area contributed by atoms with Crippen molar-refractivity contribution >= 4 is 44.6 Å². The molecular formula is C11H7ClN2O5S2. The Labute approximate surface area is 128 Å². The van der Waals surface area contributed by atoms with Crippen molar-refractivity contribution in [3.05, 3.63) is 56.4 Å². The first-order valence-corrected chi connectivity index (χ1v) is 8.04. The van der Waals surface area contributed by atoms with Crippen molar-refractivity contribution in [1.29, 1.82) is 0 Å². The fourth-order valence-corrected chi connectivity index (χ4v) is 3.86. The Morgan fingerprint density at radius 2 is 1.81 bits per heavy atom. The maximum Gasteiger partial charge on any atom is 0.273 e. The molecule has 0 saturated heterocycles. The molecule has 0 saturated carbocycles. The van der Waals surface area contributed by atoms with Crippen LogP contribution in [0.5, 0.6) is 0 Å². The number of sulfonamides is 1. The standard InChI is InChI=1S/C11H7ClN2O5S2/c12-9-5-6-10(20-9)21(18,19)13-11(15)7-1-3-8(4-2-7)14(16)17/h1-6H,(H,13,15). The summed E-state index contributed by atoms with van der Waals surface area (Å²) in [6.07, 6.45) is 0. The maximum atomic E-state index is 11.9. The summed E-state index contributed by atoms with van der Waals surface area (Å²) in [6, 6.07) is 7.25. The molecule has 0 radical (unpaired) electrons. The summed E-state index contributed by atoms with van der Waals surface area (Å²) < 4.78 is 25.9. The third-order valence-electron chi connectivity index (χ3n) is 2.38. The minimum absolute atomic E-state index is 0.00757. The van der Waals surface area contributed by atoms with Crippen LogP contribution in [0.15, 0.2) is 40.6 Å². The second-order valence-corrected chi connectivity index (χ2v) is 7.42. The lowest BCUT2D eigenvalue weighted by Crippen LogP contribution is -2.29. The van der Waals surface area contributed by atoms with Crippen LogP contribution in [0.25, 0.3) is 0 Å². The first-order chi connectivity index (χ1) is 9.79. The summed E-state index contributed by atoms with van der Waals surface area (Å²) in [5.41, 5.74) is -0.203. The number of nitrogens with one attached hydrogen (secondary N) is 1. The summed E-state index contributed by atoms with van der Waals surface area (Å²) in [7, 11) is -4.01. The third kappa shape index (κ3) is 3.57. The minimum atomic E-state index is -4.01. The topological polar surface area (TPSA) is 106 Å². The van der Waals surface area contributed by atoms with Gasteiger partial charge in [-0.3, -0.25) is 14.9 Å². The molecule has 0 unspecified atom stereocenters. The lowest BCUT2D eigenvalue weighted by Gasteiger charge is -2.04. The van der Waals surface area contributed by atoms with Gasteiger partial charge in [0.15, 0.2) is 0 Å². The second kappa shape index (κ2) is 5.80. The van der Waals surface area contributed by atoms with Crippen molar-refractivity contribution in [2.75, 3.05) is 0 Å². The van der Waals surface area contributed by atoms with Crippen LogP contribution in [0, 0.1) is 10.1 Å². The van der Waals surface area contributed by atoms with Gasteiger partial charge in [-0.1, -0.05) is 11.6 Å². The number of nitro groups is 1. The third-order valence-corrected chi connectivity index (χ3v) is 5.43. The first kappa shape index (κ1) is 15.4. The number of carbonyl (C=O) groups is 1. The molecule has 2 aromatic rings. The van der Waals surface area contributed by atoms with Gasteiger partial charge in [-0.25, -0.2) is 13.1 Å². The molecule has 7 nitrogen and oxygen atoms in total. The molecule has 1 N–H and O–H groups in total. The quantitative estimate of drug-likeness (QED) is 0.675. The van der Waals surface area contributed by atoms with Crippen LogP contribution in [-0.2, 0) is 10.0 Å². The number of amides is 1. The Morgan fingerprint density at radius 3 is 2.29 bits per heavy atom. The van der Waals surface area contributed by atoms with Crippen molar-refractivity contribution in [3.8, 4) is 0 Å². The molecule has 0 aliphatic heterocycles. The van der Waals surface area contributed by atoms with E-state index >= 15 is 0 Å². The Bertz CT molecular complexity index is 798. The smallest absolute Gasteiger partial charge is 0.268 e. The molecule has 1 amide bonds. The maximum absolute atomic E-state index is 11.9. The van der Waals surface area contributed by atoms with Crippen LogP contribution in [-0.4, -0.2) is 19.2 Å². The van der Waals surface area contributed by atoms with E-state index in [1.54, 1.807) is 0 Å². The van der Waals surface area contributed by atoms with E-state index in [9.17, 15) is 23.3 Å². The minimum Gasteiger partial charge on any atom is -0.268 e. The number of non-ortho nitro benzene ring substituents is 1. The molecule has 0 bridgehead atoms. The Kier molecular flexibility index (Phi) is 4.26. The number of thiophene rings is 1. The van der Waals surface area contributed by atoms with Crippen LogP contribution < -0.4 is 4.72 Å². The van der Waals surface area contributed by atoms with Crippen LogP contribution in [0.3, 0.4) is 0 Å². The van der Waals surface area contributed by atoms with Crippen LogP contribution in [0.4, 0.5) is 5.69 Å². The van der Waals surface area contributed by atoms with Gasteiger partial charge in [0.2, 0.25) is 0 Å². The van der Waals surface area contributed by atoms with Gasteiger partial charge < -0.3 is 0 Å². The van der Waals surface area contributed by atoms with Gasteiger partial charge in [-0.2, -0.15) is 0 Å². The van der Waals surface area contributed by atoms with Crippen LogP contribution >= 0.6 is 22.9 Å². The monoisotopic (exact) mass is 346 g/mol. The predicted octanol–water partition coefficient (Wildman–Crippen LogP) is 2.43. The highest BCUT2D eigenvalue weighted by Crippen LogP contribution is 2.25. The van der Waals surface area contributed by atoms with Gasteiger partial charge in [0.25, 0.3) is 21.6 Å². The number of benzene rings is 1. The second-order valence-electron chi connectivity index (χ2n) is 3.80. The number of halogens is 1. The zero-order valence-electron chi connectivity index (χ0n) is 10.1. The van der Waals surface area contributed by atoms with Gasteiger partial charge in [-0.15, -0.1) is 11.3 Å². The van der Waals surface area contributed by atoms with E-state index < -0.39 is 20.9 Å². The molecular weight excluding hydrogens is 340 g/mol. The largest absolute Gasteiger partial charge is 0.273 e. The number of hydrogen-bond acceptors (Lipinski definition) is 6. The van der Waals surface area contributed by atoms with Gasteiger partial charge in [0.1, 0.15) is 4.21 Å². The Balaban J connectivity index is 2.19.